The van der Waals surface area contributed by atoms with Gasteiger partial charge in [0.1, 0.15) is 11.5 Å². The topological polar surface area (TPSA) is 39.2 Å². The van der Waals surface area contributed by atoms with Crippen LogP contribution in [0.1, 0.15) is 5.56 Å². The number of ether oxygens (including phenoxy) is 2. The molecular formula is C16H16N2O2S. The highest BCUT2D eigenvalue weighted by atomic mass is 32.1. The minimum absolute atomic E-state index is 0.695. The number of H-pyrrole nitrogens is 1. The molecule has 1 heterocycles. The van der Waals surface area contributed by atoms with Gasteiger partial charge in [-0.15, -0.1) is 0 Å². The van der Waals surface area contributed by atoms with Gasteiger partial charge in [-0.05, 0) is 42.0 Å². The average Bonchev–Trinajstić information content (AvgIpc) is 2.82. The van der Waals surface area contributed by atoms with Gasteiger partial charge >= 0.3 is 0 Å². The van der Waals surface area contributed by atoms with E-state index in [1.807, 2.05) is 36.4 Å². The molecule has 3 rings (SSSR count). The lowest BCUT2D eigenvalue weighted by molar-refractivity contribution is 0.414. The number of nitrogens with one attached hydrogen (secondary N) is 1. The highest BCUT2D eigenvalue weighted by Gasteiger charge is 2.07. The van der Waals surface area contributed by atoms with E-state index in [0.717, 1.165) is 28.1 Å². The van der Waals surface area contributed by atoms with Gasteiger partial charge in [0.2, 0.25) is 0 Å². The summed E-state index contributed by atoms with van der Waals surface area (Å²) in [5.74, 6) is 1.66. The number of benzene rings is 2. The fourth-order valence-electron chi connectivity index (χ4n) is 2.38. The number of hydrogen-bond acceptors (Lipinski definition) is 3. The van der Waals surface area contributed by atoms with Crippen LogP contribution in [0.2, 0.25) is 0 Å². The summed E-state index contributed by atoms with van der Waals surface area (Å²) in [5, 5.41) is 0. The number of hydrogen-bond donors (Lipinski definition) is 1. The van der Waals surface area contributed by atoms with E-state index in [0.29, 0.717) is 11.3 Å². The molecule has 0 saturated carbocycles. The van der Waals surface area contributed by atoms with Gasteiger partial charge < -0.3 is 19.0 Å². The summed E-state index contributed by atoms with van der Waals surface area (Å²) in [6.07, 6.45) is 0. The third kappa shape index (κ3) is 2.64. The molecule has 0 spiro atoms. The van der Waals surface area contributed by atoms with Gasteiger partial charge in [-0.25, -0.2) is 0 Å². The van der Waals surface area contributed by atoms with Crippen LogP contribution in [0.25, 0.3) is 11.0 Å². The van der Waals surface area contributed by atoms with Gasteiger partial charge in [-0.3, -0.25) is 0 Å². The predicted octanol–water partition coefficient (Wildman–Crippen LogP) is 3.76. The Hall–Kier alpha value is -2.27. The normalized spacial score (nSPS) is 10.8. The van der Waals surface area contributed by atoms with Crippen molar-refractivity contribution >= 4 is 23.3 Å². The Kier molecular flexibility index (Phi) is 3.66. The van der Waals surface area contributed by atoms with Crippen LogP contribution in [-0.2, 0) is 6.54 Å². The quantitative estimate of drug-likeness (QED) is 0.746. The van der Waals surface area contributed by atoms with Gasteiger partial charge in [0.05, 0.1) is 31.8 Å². The van der Waals surface area contributed by atoms with Gasteiger partial charge in [0.25, 0.3) is 0 Å². The number of imidazole rings is 1. The van der Waals surface area contributed by atoms with E-state index in [4.69, 9.17) is 21.7 Å². The second-order valence-electron chi connectivity index (χ2n) is 4.75. The Morgan fingerprint density at radius 2 is 1.81 bits per heavy atom. The first-order valence-corrected chi connectivity index (χ1v) is 7.01. The van der Waals surface area contributed by atoms with Crippen LogP contribution in [0.5, 0.6) is 11.5 Å². The van der Waals surface area contributed by atoms with Crippen molar-refractivity contribution < 1.29 is 9.47 Å². The third-order valence-corrected chi connectivity index (χ3v) is 3.78. The third-order valence-electron chi connectivity index (χ3n) is 3.46. The van der Waals surface area contributed by atoms with Crippen molar-refractivity contribution in [1.82, 2.24) is 9.55 Å². The lowest BCUT2D eigenvalue weighted by Crippen LogP contribution is -2.00. The average molecular weight is 300 g/mol. The lowest BCUT2D eigenvalue weighted by atomic mass is 10.2. The summed E-state index contributed by atoms with van der Waals surface area (Å²) >= 11 is 5.43. The molecule has 108 valence electrons. The fraction of sp³-hybridized carbons (Fsp3) is 0.188. The van der Waals surface area contributed by atoms with Crippen LogP contribution in [0.15, 0.2) is 42.5 Å². The van der Waals surface area contributed by atoms with Gasteiger partial charge in [0, 0.05) is 6.07 Å². The molecule has 0 aliphatic rings. The smallest absolute Gasteiger partial charge is 0.178 e. The zero-order chi connectivity index (χ0) is 14.8. The summed E-state index contributed by atoms with van der Waals surface area (Å²) in [5.41, 5.74) is 3.17. The van der Waals surface area contributed by atoms with Crippen molar-refractivity contribution in [3.05, 3.63) is 52.8 Å². The standard InChI is InChI=1S/C16H16N2O2S/c1-19-12-5-3-4-11(8-12)10-18-15-7-6-13(20-2)9-14(15)17-16(18)21/h3-9H,10H2,1-2H3,(H,17,21). The summed E-state index contributed by atoms with van der Waals surface area (Å²) < 4.78 is 13.3. The molecular weight excluding hydrogens is 284 g/mol. The van der Waals surface area contributed by atoms with E-state index in [9.17, 15) is 0 Å². The van der Waals surface area contributed by atoms with Crippen molar-refractivity contribution in [2.75, 3.05) is 14.2 Å². The van der Waals surface area contributed by atoms with Crippen molar-refractivity contribution in [2.24, 2.45) is 0 Å². The number of aromatic nitrogens is 2. The van der Waals surface area contributed by atoms with Crippen LogP contribution in [0.4, 0.5) is 0 Å². The Balaban J connectivity index is 2.03. The van der Waals surface area contributed by atoms with E-state index < -0.39 is 0 Å². The molecule has 0 amide bonds. The predicted molar refractivity (Wildman–Crippen MR) is 85.8 cm³/mol. The van der Waals surface area contributed by atoms with Crippen molar-refractivity contribution in [3.8, 4) is 11.5 Å². The summed E-state index contributed by atoms with van der Waals surface area (Å²) in [6.45, 7) is 0.697. The van der Waals surface area contributed by atoms with Gasteiger partial charge in [-0.1, -0.05) is 12.1 Å². The summed E-state index contributed by atoms with van der Waals surface area (Å²) in [4.78, 5) is 3.22. The van der Waals surface area contributed by atoms with Crippen molar-refractivity contribution in [3.63, 3.8) is 0 Å². The number of rotatable bonds is 4. The Labute approximate surface area is 127 Å². The maximum absolute atomic E-state index is 5.43. The summed E-state index contributed by atoms with van der Waals surface area (Å²) in [7, 11) is 3.33. The Morgan fingerprint density at radius 3 is 2.57 bits per heavy atom. The minimum atomic E-state index is 0.695. The number of nitrogens with zero attached hydrogens (tertiary/aromatic N) is 1. The summed E-state index contributed by atoms with van der Waals surface area (Å²) in [6, 6.07) is 13.9. The van der Waals surface area contributed by atoms with E-state index in [2.05, 4.69) is 15.6 Å². The minimum Gasteiger partial charge on any atom is -0.497 e. The molecule has 21 heavy (non-hydrogen) atoms. The molecule has 0 unspecified atom stereocenters. The van der Waals surface area contributed by atoms with Crippen LogP contribution in [0, 0.1) is 4.77 Å². The molecule has 1 aromatic heterocycles. The molecule has 0 aliphatic carbocycles. The van der Waals surface area contributed by atoms with E-state index in [1.165, 1.54) is 0 Å². The molecule has 0 atom stereocenters. The van der Waals surface area contributed by atoms with Crippen LogP contribution < -0.4 is 9.47 Å². The van der Waals surface area contributed by atoms with Gasteiger partial charge in [0.15, 0.2) is 4.77 Å². The maximum Gasteiger partial charge on any atom is 0.178 e. The zero-order valence-corrected chi connectivity index (χ0v) is 12.7. The van der Waals surface area contributed by atoms with Crippen molar-refractivity contribution in [2.45, 2.75) is 6.54 Å². The zero-order valence-electron chi connectivity index (χ0n) is 11.9. The Bertz CT molecular complexity index is 836. The first kappa shape index (κ1) is 13.7. The van der Waals surface area contributed by atoms with Gasteiger partial charge in [-0.2, -0.15) is 0 Å². The molecule has 3 aromatic rings. The molecule has 0 bridgehead atoms. The number of fused-ring (bicyclic) bond motifs is 1. The highest BCUT2D eigenvalue weighted by Crippen LogP contribution is 2.22. The molecule has 1 N–H and O–H groups in total. The molecule has 0 radical (unpaired) electrons. The number of aromatic amines is 1. The number of methoxy groups -OCH3 is 2. The molecule has 5 heteroatoms. The van der Waals surface area contributed by atoms with Crippen molar-refractivity contribution in [1.29, 1.82) is 0 Å². The molecule has 0 fully saturated rings. The second-order valence-corrected chi connectivity index (χ2v) is 5.14. The molecule has 2 aromatic carbocycles. The maximum atomic E-state index is 5.43. The van der Waals surface area contributed by atoms with E-state index in [1.54, 1.807) is 14.2 Å². The first-order valence-electron chi connectivity index (χ1n) is 6.61. The largest absolute Gasteiger partial charge is 0.497 e. The Morgan fingerprint density at radius 1 is 1.05 bits per heavy atom. The lowest BCUT2D eigenvalue weighted by Gasteiger charge is -2.07. The van der Waals surface area contributed by atoms with Crippen LogP contribution in [0.3, 0.4) is 0 Å². The molecule has 0 saturated heterocycles. The second kappa shape index (κ2) is 5.61. The SMILES string of the molecule is COc1cccc(Cn2c(=S)[nH]c3cc(OC)ccc32)c1. The molecule has 4 nitrogen and oxygen atoms in total. The van der Waals surface area contributed by atoms with E-state index >= 15 is 0 Å². The van der Waals surface area contributed by atoms with Crippen LogP contribution in [-0.4, -0.2) is 23.8 Å². The molecule has 0 aliphatic heterocycles. The van der Waals surface area contributed by atoms with Crippen LogP contribution >= 0.6 is 12.2 Å². The first-order chi connectivity index (χ1) is 10.2. The van der Waals surface area contributed by atoms with E-state index in [-0.39, 0.29) is 0 Å². The highest BCUT2D eigenvalue weighted by molar-refractivity contribution is 7.71. The fourth-order valence-corrected chi connectivity index (χ4v) is 2.65. The monoisotopic (exact) mass is 300 g/mol.